The van der Waals surface area contributed by atoms with Crippen LogP contribution in [0, 0.1) is 6.92 Å². The standard InChI is InChI=1S/C16H13O2/c1-12-5-8-14(9-6-12)15-4-2-3-13(11-15)7-10-16(17)18/h2-11H,1H2,(H,17,18)/b10-7+. The van der Waals surface area contributed by atoms with Gasteiger partial charge in [0.1, 0.15) is 0 Å². The van der Waals surface area contributed by atoms with Gasteiger partial charge in [-0.15, -0.1) is 0 Å². The Morgan fingerprint density at radius 1 is 1.06 bits per heavy atom. The lowest BCUT2D eigenvalue weighted by Crippen LogP contribution is -1.86. The van der Waals surface area contributed by atoms with E-state index in [4.69, 9.17) is 5.11 Å². The molecule has 0 aliphatic heterocycles. The summed E-state index contributed by atoms with van der Waals surface area (Å²) in [7, 11) is 0. The van der Waals surface area contributed by atoms with Gasteiger partial charge in [-0.1, -0.05) is 42.5 Å². The molecular formula is C16H13O2. The quantitative estimate of drug-likeness (QED) is 0.827. The van der Waals surface area contributed by atoms with Crippen LogP contribution in [0.15, 0.2) is 54.6 Å². The van der Waals surface area contributed by atoms with Crippen molar-refractivity contribution in [3.63, 3.8) is 0 Å². The van der Waals surface area contributed by atoms with E-state index in [9.17, 15) is 4.79 Å². The van der Waals surface area contributed by atoms with Crippen LogP contribution in [0.1, 0.15) is 11.1 Å². The van der Waals surface area contributed by atoms with E-state index >= 15 is 0 Å². The average Bonchev–Trinajstić information content (AvgIpc) is 2.37. The largest absolute Gasteiger partial charge is 0.478 e. The normalized spacial score (nSPS) is 10.7. The minimum atomic E-state index is -0.943. The predicted octanol–water partition coefficient (Wildman–Crippen LogP) is 3.63. The molecule has 0 aliphatic carbocycles. The maximum Gasteiger partial charge on any atom is 0.328 e. The maximum atomic E-state index is 10.5. The number of hydrogen-bond donors (Lipinski definition) is 1. The van der Waals surface area contributed by atoms with Crippen LogP contribution in [-0.2, 0) is 4.79 Å². The topological polar surface area (TPSA) is 37.3 Å². The molecule has 89 valence electrons. The molecule has 0 spiro atoms. The Bertz CT molecular complexity index is 580. The summed E-state index contributed by atoms with van der Waals surface area (Å²) >= 11 is 0. The van der Waals surface area contributed by atoms with Crippen LogP contribution >= 0.6 is 0 Å². The highest BCUT2D eigenvalue weighted by molar-refractivity contribution is 5.85. The van der Waals surface area contributed by atoms with E-state index in [1.165, 1.54) is 0 Å². The Kier molecular flexibility index (Phi) is 3.58. The number of carboxylic acids is 1. The van der Waals surface area contributed by atoms with Gasteiger partial charge in [0.05, 0.1) is 0 Å². The second-order valence-electron chi connectivity index (χ2n) is 3.99. The molecule has 0 bridgehead atoms. The molecule has 0 fully saturated rings. The van der Waals surface area contributed by atoms with Gasteiger partial charge < -0.3 is 5.11 Å². The van der Waals surface area contributed by atoms with Gasteiger partial charge in [0.2, 0.25) is 0 Å². The smallest absolute Gasteiger partial charge is 0.328 e. The van der Waals surface area contributed by atoms with E-state index in [0.29, 0.717) is 0 Å². The van der Waals surface area contributed by atoms with Crippen molar-refractivity contribution < 1.29 is 9.90 Å². The van der Waals surface area contributed by atoms with E-state index in [2.05, 4.69) is 6.92 Å². The molecule has 18 heavy (non-hydrogen) atoms. The van der Waals surface area contributed by atoms with Crippen LogP contribution < -0.4 is 0 Å². The maximum absolute atomic E-state index is 10.5. The highest BCUT2D eigenvalue weighted by atomic mass is 16.4. The number of hydrogen-bond acceptors (Lipinski definition) is 1. The predicted molar refractivity (Wildman–Crippen MR) is 73.0 cm³/mol. The van der Waals surface area contributed by atoms with E-state index in [1.54, 1.807) is 6.08 Å². The first-order chi connectivity index (χ1) is 8.65. The molecule has 0 heterocycles. The first-order valence-corrected chi connectivity index (χ1v) is 5.58. The Morgan fingerprint density at radius 2 is 1.78 bits per heavy atom. The summed E-state index contributed by atoms with van der Waals surface area (Å²) in [5.74, 6) is -0.943. The second kappa shape index (κ2) is 5.32. The van der Waals surface area contributed by atoms with Crippen LogP contribution in [0.2, 0.25) is 0 Å². The van der Waals surface area contributed by atoms with Crippen molar-refractivity contribution >= 4 is 12.0 Å². The zero-order chi connectivity index (χ0) is 13.0. The fraction of sp³-hybridized carbons (Fsp3) is 0. The van der Waals surface area contributed by atoms with Gasteiger partial charge in [-0.05, 0) is 41.3 Å². The van der Waals surface area contributed by atoms with Gasteiger partial charge in [-0.3, -0.25) is 0 Å². The fourth-order valence-corrected chi connectivity index (χ4v) is 1.69. The van der Waals surface area contributed by atoms with Crippen LogP contribution in [-0.4, -0.2) is 11.1 Å². The minimum Gasteiger partial charge on any atom is -0.478 e. The van der Waals surface area contributed by atoms with Crippen molar-refractivity contribution in [2.75, 3.05) is 0 Å². The molecule has 0 aliphatic rings. The zero-order valence-electron chi connectivity index (χ0n) is 9.84. The molecular weight excluding hydrogens is 224 g/mol. The number of benzene rings is 2. The number of carbonyl (C=O) groups is 1. The Balaban J connectivity index is 2.32. The van der Waals surface area contributed by atoms with Crippen LogP contribution in [0.4, 0.5) is 0 Å². The molecule has 0 saturated heterocycles. The van der Waals surface area contributed by atoms with E-state index in [1.807, 2.05) is 48.5 Å². The lowest BCUT2D eigenvalue weighted by molar-refractivity contribution is -0.131. The van der Waals surface area contributed by atoms with Gasteiger partial charge in [0, 0.05) is 6.08 Å². The number of carboxylic acid groups (broad SMARTS) is 1. The summed E-state index contributed by atoms with van der Waals surface area (Å²) in [6.07, 6.45) is 2.72. The number of aliphatic carboxylic acids is 1. The fourth-order valence-electron chi connectivity index (χ4n) is 1.69. The molecule has 2 nitrogen and oxygen atoms in total. The highest BCUT2D eigenvalue weighted by Crippen LogP contribution is 2.21. The molecule has 2 rings (SSSR count). The van der Waals surface area contributed by atoms with Gasteiger partial charge in [-0.2, -0.15) is 0 Å². The van der Waals surface area contributed by atoms with E-state index in [0.717, 1.165) is 28.3 Å². The summed E-state index contributed by atoms with van der Waals surface area (Å²) in [4.78, 5) is 10.5. The van der Waals surface area contributed by atoms with Gasteiger partial charge >= 0.3 is 5.97 Å². The summed E-state index contributed by atoms with van der Waals surface area (Å²) < 4.78 is 0. The lowest BCUT2D eigenvalue weighted by Gasteiger charge is -2.03. The number of rotatable bonds is 3. The molecule has 0 aromatic heterocycles. The van der Waals surface area contributed by atoms with Crippen molar-refractivity contribution in [2.24, 2.45) is 0 Å². The molecule has 2 aromatic rings. The van der Waals surface area contributed by atoms with Crippen molar-refractivity contribution in [3.8, 4) is 11.1 Å². The summed E-state index contributed by atoms with van der Waals surface area (Å²) in [5.41, 5.74) is 3.99. The lowest BCUT2D eigenvalue weighted by atomic mass is 10.0. The van der Waals surface area contributed by atoms with Crippen molar-refractivity contribution in [1.82, 2.24) is 0 Å². The Labute approximate surface area is 106 Å². The van der Waals surface area contributed by atoms with Crippen LogP contribution in [0.5, 0.6) is 0 Å². The zero-order valence-corrected chi connectivity index (χ0v) is 9.84. The summed E-state index contributed by atoms with van der Waals surface area (Å²) in [6.45, 7) is 3.85. The molecule has 0 unspecified atom stereocenters. The van der Waals surface area contributed by atoms with Crippen molar-refractivity contribution in [1.29, 1.82) is 0 Å². The van der Waals surface area contributed by atoms with Crippen LogP contribution in [0.3, 0.4) is 0 Å². The summed E-state index contributed by atoms with van der Waals surface area (Å²) in [6, 6.07) is 15.6. The van der Waals surface area contributed by atoms with Gasteiger partial charge in [-0.25, -0.2) is 4.79 Å². The Morgan fingerprint density at radius 3 is 2.44 bits per heavy atom. The molecule has 2 heteroatoms. The van der Waals surface area contributed by atoms with E-state index < -0.39 is 5.97 Å². The van der Waals surface area contributed by atoms with Crippen LogP contribution in [0.25, 0.3) is 17.2 Å². The van der Waals surface area contributed by atoms with Gasteiger partial charge in [0.15, 0.2) is 0 Å². The molecule has 0 saturated carbocycles. The minimum absolute atomic E-state index is 0.869. The Hall–Kier alpha value is -2.35. The molecule has 1 radical (unpaired) electrons. The highest BCUT2D eigenvalue weighted by Gasteiger charge is 1.98. The first-order valence-electron chi connectivity index (χ1n) is 5.58. The van der Waals surface area contributed by atoms with Gasteiger partial charge in [0.25, 0.3) is 0 Å². The third-order valence-corrected chi connectivity index (χ3v) is 2.59. The summed E-state index contributed by atoms with van der Waals surface area (Å²) in [5, 5.41) is 8.60. The molecule has 1 N–H and O–H groups in total. The molecule has 0 amide bonds. The average molecular weight is 237 g/mol. The van der Waals surface area contributed by atoms with Crippen molar-refractivity contribution in [3.05, 3.63) is 72.7 Å². The SMILES string of the molecule is [CH2]c1ccc(-c2cccc(/C=C/C(=O)O)c2)cc1. The van der Waals surface area contributed by atoms with E-state index in [-0.39, 0.29) is 0 Å². The third kappa shape index (κ3) is 3.08. The second-order valence-corrected chi connectivity index (χ2v) is 3.99. The van der Waals surface area contributed by atoms with Crippen molar-refractivity contribution in [2.45, 2.75) is 0 Å². The molecule has 2 aromatic carbocycles. The third-order valence-electron chi connectivity index (χ3n) is 2.59. The monoisotopic (exact) mass is 237 g/mol. The molecule has 0 atom stereocenters. The first kappa shape index (κ1) is 12.1.